The van der Waals surface area contributed by atoms with E-state index in [9.17, 15) is 0 Å². The number of guanidine groups is 1. The predicted molar refractivity (Wildman–Crippen MR) is 103 cm³/mol. The van der Waals surface area contributed by atoms with Crippen LogP contribution in [0.15, 0.2) is 29.3 Å². The fraction of sp³-hybridized carbons (Fsp3) is 0.588. The van der Waals surface area contributed by atoms with Crippen LogP contribution in [0.1, 0.15) is 31.7 Å². The van der Waals surface area contributed by atoms with E-state index < -0.39 is 0 Å². The molecule has 1 aliphatic carbocycles. The molecule has 0 amide bonds. The number of nitrogens with zero attached hydrogens (tertiary/aromatic N) is 2. The maximum absolute atomic E-state index is 5.42. The van der Waals surface area contributed by atoms with Gasteiger partial charge in [-0.15, -0.1) is 24.0 Å². The van der Waals surface area contributed by atoms with Gasteiger partial charge in [-0.3, -0.25) is 4.99 Å². The second kappa shape index (κ2) is 9.22. The molecule has 1 aromatic rings. The lowest BCUT2D eigenvalue weighted by Gasteiger charge is -2.23. The van der Waals surface area contributed by atoms with E-state index in [0.717, 1.165) is 24.2 Å². The largest absolute Gasteiger partial charge is 0.496 e. The highest BCUT2D eigenvalue weighted by molar-refractivity contribution is 14.0. The lowest BCUT2D eigenvalue weighted by Crippen LogP contribution is -2.40. The normalized spacial score (nSPS) is 20.1. The zero-order chi connectivity index (χ0) is 15.2. The van der Waals surface area contributed by atoms with E-state index in [-0.39, 0.29) is 24.0 Å². The summed E-state index contributed by atoms with van der Waals surface area (Å²) in [6.45, 7) is 3.03. The van der Waals surface area contributed by atoms with Gasteiger partial charge in [-0.25, -0.2) is 0 Å². The van der Waals surface area contributed by atoms with Crippen molar-refractivity contribution in [1.29, 1.82) is 0 Å². The molecule has 0 heterocycles. The highest BCUT2D eigenvalue weighted by atomic mass is 127. The molecule has 1 N–H and O–H groups in total. The minimum Gasteiger partial charge on any atom is -0.496 e. The Balaban J connectivity index is 0.00000242. The molecule has 0 aromatic heterocycles. The number of nitrogens with one attached hydrogen (secondary N) is 1. The van der Waals surface area contributed by atoms with E-state index in [2.05, 4.69) is 35.2 Å². The molecule has 2 rings (SSSR count). The van der Waals surface area contributed by atoms with Crippen LogP contribution in [0.4, 0.5) is 0 Å². The van der Waals surface area contributed by atoms with E-state index >= 15 is 0 Å². The monoisotopic (exact) mass is 417 g/mol. The van der Waals surface area contributed by atoms with Gasteiger partial charge in [0.25, 0.3) is 0 Å². The Kier molecular flexibility index (Phi) is 8.00. The van der Waals surface area contributed by atoms with Crippen LogP contribution in [0, 0.1) is 5.92 Å². The minimum absolute atomic E-state index is 0. The average molecular weight is 417 g/mol. The zero-order valence-corrected chi connectivity index (χ0v) is 16.3. The van der Waals surface area contributed by atoms with Crippen molar-refractivity contribution in [1.82, 2.24) is 10.2 Å². The summed E-state index contributed by atoms with van der Waals surface area (Å²) in [6.07, 6.45) is 3.85. The van der Waals surface area contributed by atoms with Crippen LogP contribution in [0.2, 0.25) is 0 Å². The Morgan fingerprint density at radius 2 is 2.14 bits per heavy atom. The molecule has 2 atom stereocenters. The van der Waals surface area contributed by atoms with Gasteiger partial charge in [0.05, 0.1) is 7.11 Å². The molecule has 124 valence electrons. The molecule has 0 spiro atoms. The molecular formula is C17H28IN3O. The first-order valence-electron chi connectivity index (χ1n) is 7.76. The number of para-hydroxylation sites is 1. The molecule has 5 heteroatoms. The van der Waals surface area contributed by atoms with Crippen LogP contribution in [-0.4, -0.2) is 38.1 Å². The third kappa shape index (κ3) is 5.04. The van der Waals surface area contributed by atoms with Gasteiger partial charge in [-0.1, -0.05) is 31.5 Å². The fourth-order valence-corrected chi connectivity index (χ4v) is 2.79. The van der Waals surface area contributed by atoms with E-state index in [1.54, 1.807) is 7.11 Å². The summed E-state index contributed by atoms with van der Waals surface area (Å²) < 4.78 is 5.42. The van der Waals surface area contributed by atoms with Crippen LogP contribution in [-0.2, 0) is 6.54 Å². The highest BCUT2D eigenvalue weighted by Crippen LogP contribution is 2.34. The molecule has 0 aliphatic heterocycles. The summed E-state index contributed by atoms with van der Waals surface area (Å²) in [5.74, 6) is 2.71. The SMILES string of the molecule is CCCC1CC1NC(=NC)N(C)Cc1ccccc1OC.I. The number of hydrogen-bond acceptors (Lipinski definition) is 2. The molecule has 0 bridgehead atoms. The number of hydrogen-bond donors (Lipinski definition) is 1. The first-order chi connectivity index (χ1) is 10.2. The first-order valence-corrected chi connectivity index (χ1v) is 7.76. The number of rotatable bonds is 6. The van der Waals surface area contributed by atoms with Crippen molar-refractivity contribution >= 4 is 29.9 Å². The smallest absolute Gasteiger partial charge is 0.193 e. The van der Waals surface area contributed by atoms with Crippen LogP contribution >= 0.6 is 24.0 Å². The van der Waals surface area contributed by atoms with Crippen molar-refractivity contribution in [3.8, 4) is 5.75 Å². The molecule has 0 radical (unpaired) electrons. The third-order valence-electron chi connectivity index (χ3n) is 4.07. The summed E-state index contributed by atoms with van der Waals surface area (Å²) in [6, 6.07) is 8.73. The Bertz CT molecular complexity index is 493. The minimum atomic E-state index is 0. The lowest BCUT2D eigenvalue weighted by molar-refractivity contribution is 0.395. The Morgan fingerprint density at radius 3 is 2.77 bits per heavy atom. The number of ether oxygens (including phenoxy) is 1. The van der Waals surface area contributed by atoms with Gasteiger partial charge >= 0.3 is 0 Å². The number of methoxy groups -OCH3 is 1. The molecule has 1 saturated carbocycles. The summed E-state index contributed by atoms with van der Waals surface area (Å²) in [7, 11) is 5.63. The van der Waals surface area contributed by atoms with E-state index in [0.29, 0.717) is 6.04 Å². The van der Waals surface area contributed by atoms with Gasteiger partial charge in [-0.2, -0.15) is 0 Å². The van der Waals surface area contributed by atoms with Crippen LogP contribution < -0.4 is 10.1 Å². The van der Waals surface area contributed by atoms with Crippen LogP contribution in [0.3, 0.4) is 0 Å². The fourth-order valence-electron chi connectivity index (χ4n) is 2.79. The summed E-state index contributed by atoms with van der Waals surface area (Å²) in [5.41, 5.74) is 1.17. The lowest BCUT2D eigenvalue weighted by atomic mass is 10.2. The molecule has 1 aliphatic rings. The van der Waals surface area contributed by atoms with E-state index in [4.69, 9.17) is 4.74 Å². The molecule has 1 aromatic carbocycles. The van der Waals surface area contributed by atoms with Gasteiger partial charge in [0, 0.05) is 32.2 Å². The van der Waals surface area contributed by atoms with Gasteiger partial charge < -0.3 is 15.0 Å². The Hall–Kier alpha value is -0.980. The second-order valence-electron chi connectivity index (χ2n) is 5.75. The van der Waals surface area contributed by atoms with Crippen molar-refractivity contribution in [2.75, 3.05) is 21.2 Å². The molecule has 22 heavy (non-hydrogen) atoms. The summed E-state index contributed by atoms with van der Waals surface area (Å²) in [4.78, 5) is 6.56. The maximum atomic E-state index is 5.42. The maximum Gasteiger partial charge on any atom is 0.193 e. The first kappa shape index (κ1) is 19.1. The third-order valence-corrected chi connectivity index (χ3v) is 4.07. The van der Waals surface area contributed by atoms with Gasteiger partial charge in [0.2, 0.25) is 0 Å². The molecular weight excluding hydrogens is 389 g/mol. The van der Waals surface area contributed by atoms with Crippen molar-refractivity contribution in [3.05, 3.63) is 29.8 Å². The molecule has 1 fully saturated rings. The van der Waals surface area contributed by atoms with Gasteiger partial charge in [0.15, 0.2) is 5.96 Å². The number of aliphatic imine (C=N–C) groups is 1. The number of benzene rings is 1. The van der Waals surface area contributed by atoms with Crippen molar-refractivity contribution < 1.29 is 4.74 Å². The summed E-state index contributed by atoms with van der Waals surface area (Å²) in [5, 5.41) is 3.57. The zero-order valence-electron chi connectivity index (χ0n) is 14.0. The Labute approximate surface area is 151 Å². The average Bonchev–Trinajstić information content (AvgIpc) is 3.23. The number of halogens is 1. The van der Waals surface area contributed by atoms with Crippen molar-refractivity contribution in [3.63, 3.8) is 0 Å². The second-order valence-corrected chi connectivity index (χ2v) is 5.75. The molecule has 2 unspecified atom stereocenters. The van der Waals surface area contributed by atoms with E-state index in [1.807, 2.05) is 25.2 Å². The van der Waals surface area contributed by atoms with Gasteiger partial charge in [-0.05, 0) is 24.8 Å². The highest BCUT2D eigenvalue weighted by Gasteiger charge is 2.37. The Morgan fingerprint density at radius 1 is 1.41 bits per heavy atom. The quantitative estimate of drug-likeness (QED) is 0.437. The van der Waals surface area contributed by atoms with E-state index in [1.165, 1.54) is 24.8 Å². The van der Waals surface area contributed by atoms with Crippen LogP contribution in [0.25, 0.3) is 0 Å². The van der Waals surface area contributed by atoms with Crippen LogP contribution in [0.5, 0.6) is 5.75 Å². The molecule has 0 saturated heterocycles. The molecule has 4 nitrogen and oxygen atoms in total. The summed E-state index contributed by atoms with van der Waals surface area (Å²) >= 11 is 0. The van der Waals surface area contributed by atoms with Gasteiger partial charge in [0.1, 0.15) is 5.75 Å². The van der Waals surface area contributed by atoms with Crippen molar-refractivity contribution in [2.24, 2.45) is 10.9 Å². The predicted octanol–water partition coefficient (Wildman–Crippen LogP) is 3.51. The standard InChI is InChI=1S/C17H27N3O.HI/c1-5-8-13-11-15(13)19-17(18-2)20(3)12-14-9-6-7-10-16(14)21-4;/h6-7,9-10,13,15H,5,8,11-12H2,1-4H3,(H,18,19);1H. The topological polar surface area (TPSA) is 36.9 Å². The van der Waals surface area contributed by atoms with Crippen molar-refractivity contribution in [2.45, 2.75) is 38.8 Å².